The molecule has 0 radical (unpaired) electrons. The number of carboxylic acids is 1. The summed E-state index contributed by atoms with van der Waals surface area (Å²) in [6.07, 6.45) is 0. The highest BCUT2D eigenvalue weighted by molar-refractivity contribution is 5.75. The number of nitrogens with one attached hydrogen (secondary N) is 1. The first kappa shape index (κ1) is 13.2. The van der Waals surface area contributed by atoms with Gasteiger partial charge in [-0.05, 0) is 13.8 Å². The lowest BCUT2D eigenvalue weighted by Crippen LogP contribution is -2.50. The van der Waals surface area contributed by atoms with Gasteiger partial charge in [-0.3, -0.25) is 0 Å². The summed E-state index contributed by atoms with van der Waals surface area (Å²) in [6.45, 7) is 2.62. The quantitative estimate of drug-likeness (QED) is 0.679. The standard InChI is InChI=1S/C8H15F2NO3/c1-7(2,5-14-3)11-4-8(9,10)6(12)13/h11H,4-5H2,1-3H3,(H,12,13). The van der Waals surface area contributed by atoms with E-state index in [1.54, 1.807) is 13.8 Å². The fourth-order valence-corrected chi connectivity index (χ4v) is 0.838. The molecule has 0 aromatic heterocycles. The number of methoxy groups -OCH3 is 1. The maximum atomic E-state index is 12.6. The van der Waals surface area contributed by atoms with Gasteiger partial charge in [-0.15, -0.1) is 0 Å². The first-order chi connectivity index (χ1) is 6.21. The molecule has 6 heteroatoms. The molecule has 0 aliphatic heterocycles. The number of carboxylic acid groups (broad SMARTS) is 1. The Morgan fingerprint density at radius 1 is 1.50 bits per heavy atom. The van der Waals surface area contributed by atoms with E-state index in [1.165, 1.54) is 7.11 Å². The normalized spacial score (nSPS) is 12.9. The van der Waals surface area contributed by atoms with Gasteiger partial charge in [0.2, 0.25) is 0 Å². The summed E-state index contributed by atoms with van der Waals surface area (Å²) >= 11 is 0. The van der Waals surface area contributed by atoms with Gasteiger partial charge in [0, 0.05) is 12.6 Å². The van der Waals surface area contributed by atoms with Crippen LogP contribution in [-0.4, -0.2) is 42.8 Å². The van der Waals surface area contributed by atoms with E-state index in [2.05, 4.69) is 5.32 Å². The van der Waals surface area contributed by atoms with Crippen LogP contribution in [0.2, 0.25) is 0 Å². The summed E-state index contributed by atoms with van der Waals surface area (Å²) < 4.78 is 30.0. The number of aliphatic carboxylic acids is 1. The van der Waals surface area contributed by atoms with Crippen molar-refractivity contribution in [3.05, 3.63) is 0 Å². The Bertz CT molecular complexity index is 207. The van der Waals surface area contributed by atoms with Gasteiger partial charge >= 0.3 is 11.9 Å². The van der Waals surface area contributed by atoms with Crippen LogP contribution in [0.5, 0.6) is 0 Å². The minimum absolute atomic E-state index is 0.225. The zero-order valence-electron chi connectivity index (χ0n) is 8.43. The van der Waals surface area contributed by atoms with E-state index in [-0.39, 0.29) is 6.61 Å². The summed E-state index contributed by atoms with van der Waals surface area (Å²) in [5, 5.41) is 10.6. The van der Waals surface area contributed by atoms with Gasteiger partial charge in [-0.25, -0.2) is 4.79 Å². The Morgan fingerprint density at radius 3 is 2.36 bits per heavy atom. The van der Waals surface area contributed by atoms with E-state index in [0.29, 0.717) is 0 Å². The van der Waals surface area contributed by atoms with Crippen molar-refractivity contribution in [2.24, 2.45) is 0 Å². The summed E-state index contributed by atoms with van der Waals surface area (Å²) in [5.41, 5.74) is -0.673. The number of ether oxygens (including phenoxy) is 1. The number of alkyl halides is 2. The molecule has 0 aromatic carbocycles. The van der Waals surface area contributed by atoms with Gasteiger partial charge in [0.1, 0.15) is 0 Å². The molecule has 0 saturated carbocycles. The van der Waals surface area contributed by atoms with Crippen molar-refractivity contribution in [2.75, 3.05) is 20.3 Å². The van der Waals surface area contributed by atoms with Crippen LogP contribution in [0.3, 0.4) is 0 Å². The topological polar surface area (TPSA) is 58.6 Å². The van der Waals surface area contributed by atoms with Crippen LogP contribution < -0.4 is 5.32 Å². The van der Waals surface area contributed by atoms with Crippen molar-refractivity contribution >= 4 is 5.97 Å². The van der Waals surface area contributed by atoms with Gasteiger partial charge in [0.05, 0.1) is 13.2 Å². The molecule has 2 N–H and O–H groups in total. The van der Waals surface area contributed by atoms with Crippen LogP contribution in [-0.2, 0) is 9.53 Å². The molecule has 0 heterocycles. The molecule has 84 valence electrons. The van der Waals surface area contributed by atoms with Crippen molar-refractivity contribution in [2.45, 2.75) is 25.3 Å². The van der Waals surface area contributed by atoms with E-state index in [0.717, 1.165) is 0 Å². The average Bonchev–Trinajstić information content (AvgIpc) is 2.01. The van der Waals surface area contributed by atoms with Crippen LogP contribution in [0.25, 0.3) is 0 Å². The predicted molar refractivity (Wildman–Crippen MR) is 46.5 cm³/mol. The SMILES string of the molecule is COCC(C)(C)NCC(F)(F)C(=O)O. The molecule has 0 rings (SSSR count). The molecular formula is C8H15F2NO3. The minimum atomic E-state index is -3.75. The molecule has 0 unspecified atom stereocenters. The molecule has 0 atom stereocenters. The Hall–Kier alpha value is -0.750. The largest absolute Gasteiger partial charge is 0.477 e. The van der Waals surface area contributed by atoms with Crippen LogP contribution >= 0.6 is 0 Å². The summed E-state index contributed by atoms with van der Waals surface area (Å²) in [5.74, 6) is -5.87. The molecule has 0 aromatic rings. The smallest absolute Gasteiger partial charge is 0.375 e. The van der Waals surface area contributed by atoms with Gasteiger partial charge in [-0.1, -0.05) is 0 Å². The highest BCUT2D eigenvalue weighted by Gasteiger charge is 2.39. The zero-order valence-corrected chi connectivity index (χ0v) is 8.43. The maximum absolute atomic E-state index is 12.6. The molecule has 0 fully saturated rings. The Labute approximate surface area is 81.2 Å². The van der Waals surface area contributed by atoms with Gasteiger partial charge in [0.15, 0.2) is 0 Å². The lowest BCUT2D eigenvalue weighted by atomic mass is 10.1. The van der Waals surface area contributed by atoms with Crippen molar-refractivity contribution in [1.82, 2.24) is 5.32 Å². The van der Waals surface area contributed by atoms with Gasteiger partial charge < -0.3 is 15.2 Å². The number of carbonyl (C=O) groups is 1. The monoisotopic (exact) mass is 211 g/mol. The van der Waals surface area contributed by atoms with Crippen LogP contribution in [0.4, 0.5) is 8.78 Å². The Morgan fingerprint density at radius 2 is 2.00 bits per heavy atom. The summed E-state index contributed by atoms with van der Waals surface area (Å²) in [6, 6.07) is 0. The molecule has 14 heavy (non-hydrogen) atoms. The van der Waals surface area contributed by atoms with E-state index in [9.17, 15) is 13.6 Å². The molecule has 0 spiro atoms. The average molecular weight is 211 g/mol. The van der Waals surface area contributed by atoms with E-state index in [1.807, 2.05) is 0 Å². The van der Waals surface area contributed by atoms with Crippen LogP contribution in [0.1, 0.15) is 13.8 Å². The minimum Gasteiger partial charge on any atom is -0.477 e. The van der Waals surface area contributed by atoms with Crippen LogP contribution in [0, 0.1) is 0 Å². The molecule has 4 nitrogen and oxygen atoms in total. The Balaban J connectivity index is 4.10. The lowest BCUT2D eigenvalue weighted by Gasteiger charge is -2.26. The predicted octanol–water partition coefficient (Wildman–Crippen LogP) is 0.721. The maximum Gasteiger partial charge on any atom is 0.375 e. The second kappa shape index (κ2) is 4.65. The Kier molecular flexibility index (Phi) is 4.41. The van der Waals surface area contributed by atoms with E-state index in [4.69, 9.17) is 9.84 Å². The highest BCUT2D eigenvalue weighted by Crippen LogP contribution is 2.14. The summed E-state index contributed by atoms with van der Waals surface area (Å²) in [7, 11) is 1.44. The highest BCUT2D eigenvalue weighted by atomic mass is 19.3. The number of rotatable bonds is 6. The number of halogens is 2. The molecular weight excluding hydrogens is 196 g/mol. The lowest BCUT2D eigenvalue weighted by molar-refractivity contribution is -0.164. The second-order valence-corrected chi connectivity index (χ2v) is 3.68. The fraction of sp³-hybridized carbons (Fsp3) is 0.875. The molecule has 0 saturated heterocycles. The van der Waals surface area contributed by atoms with Crippen molar-refractivity contribution in [3.8, 4) is 0 Å². The van der Waals surface area contributed by atoms with Crippen molar-refractivity contribution in [3.63, 3.8) is 0 Å². The fourth-order valence-electron chi connectivity index (χ4n) is 0.838. The third-order valence-corrected chi connectivity index (χ3v) is 1.61. The van der Waals surface area contributed by atoms with Gasteiger partial charge in [0.25, 0.3) is 0 Å². The molecule has 0 aliphatic carbocycles. The third kappa shape index (κ3) is 4.48. The third-order valence-electron chi connectivity index (χ3n) is 1.61. The summed E-state index contributed by atoms with van der Waals surface area (Å²) in [4.78, 5) is 10.1. The molecule has 0 bridgehead atoms. The number of hydrogen-bond donors (Lipinski definition) is 2. The van der Waals surface area contributed by atoms with Crippen LogP contribution in [0.15, 0.2) is 0 Å². The van der Waals surface area contributed by atoms with E-state index < -0.39 is 24.0 Å². The van der Waals surface area contributed by atoms with Crippen molar-refractivity contribution < 1.29 is 23.4 Å². The van der Waals surface area contributed by atoms with E-state index >= 15 is 0 Å². The second-order valence-electron chi connectivity index (χ2n) is 3.68. The zero-order chi connectivity index (χ0) is 11.4. The number of hydrogen-bond acceptors (Lipinski definition) is 3. The molecule has 0 aliphatic rings. The first-order valence-electron chi connectivity index (χ1n) is 4.06. The van der Waals surface area contributed by atoms with Gasteiger partial charge in [-0.2, -0.15) is 8.78 Å². The first-order valence-corrected chi connectivity index (χ1v) is 4.06. The molecule has 0 amide bonds. The van der Waals surface area contributed by atoms with Crippen molar-refractivity contribution in [1.29, 1.82) is 0 Å².